The maximum Gasteiger partial charge on any atom is 0.249 e. The molecular formula is C19H18N4O2S2. The number of hydrogen-bond donors (Lipinski definition) is 1. The fourth-order valence-corrected chi connectivity index (χ4v) is 4.61. The molecule has 2 aromatic heterocycles. The van der Waals surface area contributed by atoms with Crippen LogP contribution < -0.4 is 5.32 Å². The number of hydrogen-bond acceptors (Lipinski definition) is 6. The molecule has 1 aliphatic heterocycles. The van der Waals surface area contributed by atoms with Gasteiger partial charge in [0.15, 0.2) is 0 Å². The Morgan fingerprint density at radius 2 is 2.00 bits per heavy atom. The van der Waals surface area contributed by atoms with E-state index in [1.54, 1.807) is 16.2 Å². The van der Waals surface area contributed by atoms with Crippen molar-refractivity contribution in [1.29, 1.82) is 0 Å². The molecule has 4 rings (SSSR count). The standard InChI is InChI=1S/C19H18N4O2S2/c24-16(12-14-8-5-11-26-14)23-10-4-9-15(23)17(25)20-19-22-21-18(27-19)13-6-2-1-3-7-13/h1-3,5-8,11,15H,4,9-10,12H2,(H,20,22,25). The lowest BCUT2D eigenvalue weighted by atomic mass is 10.2. The first-order valence-corrected chi connectivity index (χ1v) is 10.4. The normalized spacial score (nSPS) is 16.4. The van der Waals surface area contributed by atoms with Crippen molar-refractivity contribution < 1.29 is 9.59 Å². The zero-order valence-corrected chi connectivity index (χ0v) is 16.1. The average molecular weight is 399 g/mol. The van der Waals surface area contributed by atoms with E-state index in [0.29, 0.717) is 24.5 Å². The summed E-state index contributed by atoms with van der Waals surface area (Å²) in [5, 5.41) is 14.2. The van der Waals surface area contributed by atoms with E-state index in [2.05, 4.69) is 15.5 Å². The maximum atomic E-state index is 12.7. The SMILES string of the molecule is O=C(Nc1nnc(-c2ccccc2)s1)C1CCCN1C(=O)Cc1cccs1. The molecule has 1 N–H and O–H groups in total. The zero-order valence-electron chi connectivity index (χ0n) is 14.5. The second kappa shape index (κ2) is 7.98. The van der Waals surface area contributed by atoms with Gasteiger partial charge in [0.2, 0.25) is 16.9 Å². The molecule has 6 nitrogen and oxygen atoms in total. The molecule has 8 heteroatoms. The number of thiophene rings is 1. The van der Waals surface area contributed by atoms with Crippen LogP contribution in [0.3, 0.4) is 0 Å². The first-order chi connectivity index (χ1) is 13.2. The van der Waals surface area contributed by atoms with E-state index < -0.39 is 6.04 Å². The third kappa shape index (κ3) is 4.06. The summed E-state index contributed by atoms with van der Waals surface area (Å²) < 4.78 is 0. The van der Waals surface area contributed by atoms with E-state index in [1.165, 1.54) is 11.3 Å². The van der Waals surface area contributed by atoms with Gasteiger partial charge in [-0.3, -0.25) is 14.9 Å². The molecule has 0 bridgehead atoms. The highest BCUT2D eigenvalue weighted by Gasteiger charge is 2.34. The number of carbonyl (C=O) groups is 2. The van der Waals surface area contributed by atoms with E-state index in [0.717, 1.165) is 21.9 Å². The minimum atomic E-state index is -0.443. The summed E-state index contributed by atoms with van der Waals surface area (Å²) in [5.41, 5.74) is 0.962. The predicted molar refractivity (Wildman–Crippen MR) is 107 cm³/mol. The number of nitrogens with zero attached hydrogens (tertiary/aromatic N) is 3. The second-order valence-electron chi connectivity index (χ2n) is 6.27. The molecule has 0 aliphatic carbocycles. The third-order valence-electron chi connectivity index (χ3n) is 4.46. The summed E-state index contributed by atoms with van der Waals surface area (Å²) in [6.07, 6.45) is 1.85. The lowest BCUT2D eigenvalue weighted by molar-refractivity contribution is -0.136. The van der Waals surface area contributed by atoms with E-state index >= 15 is 0 Å². The fourth-order valence-electron chi connectivity index (χ4n) is 3.16. The van der Waals surface area contributed by atoms with Gasteiger partial charge >= 0.3 is 0 Å². The highest BCUT2D eigenvalue weighted by molar-refractivity contribution is 7.18. The Hall–Kier alpha value is -2.58. The van der Waals surface area contributed by atoms with Crippen molar-refractivity contribution in [2.24, 2.45) is 0 Å². The summed E-state index contributed by atoms with van der Waals surface area (Å²) in [6.45, 7) is 0.619. The smallest absolute Gasteiger partial charge is 0.249 e. The van der Waals surface area contributed by atoms with Gasteiger partial charge < -0.3 is 4.90 Å². The second-order valence-corrected chi connectivity index (χ2v) is 8.28. The molecule has 138 valence electrons. The minimum absolute atomic E-state index is 0.00246. The van der Waals surface area contributed by atoms with Gasteiger partial charge in [-0.05, 0) is 24.3 Å². The molecule has 27 heavy (non-hydrogen) atoms. The van der Waals surface area contributed by atoms with Crippen LogP contribution in [-0.2, 0) is 16.0 Å². The lowest BCUT2D eigenvalue weighted by Gasteiger charge is -2.23. The summed E-state index contributed by atoms with van der Waals surface area (Å²) in [6, 6.07) is 13.1. The van der Waals surface area contributed by atoms with Crippen LogP contribution in [0.25, 0.3) is 10.6 Å². The number of aromatic nitrogens is 2. The van der Waals surface area contributed by atoms with E-state index in [1.807, 2.05) is 47.8 Å². The Kier molecular flexibility index (Phi) is 5.26. The number of carbonyl (C=O) groups excluding carboxylic acids is 2. The van der Waals surface area contributed by atoms with Crippen molar-refractivity contribution in [2.45, 2.75) is 25.3 Å². The van der Waals surface area contributed by atoms with Gasteiger partial charge in [0.05, 0.1) is 6.42 Å². The first-order valence-electron chi connectivity index (χ1n) is 8.72. The Bertz CT molecular complexity index is 924. The molecule has 1 atom stereocenters. The number of likely N-dealkylation sites (tertiary alicyclic amines) is 1. The van der Waals surface area contributed by atoms with Crippen molar-refractivity contribution in [3.63, 3.8) is 0 Å². The molecule has 0 radical (unpaired) electrons. The summed E-state index contributed by atoms with van der Waals surface area (Å²) in [4.78, 5) is 28.0. The largest absolute Gasteiger partial charge is 0.330 e. The Balaban J connectivity index is 1.41. The van der Waals surface area contributed by atoms with Gasteiger partial charge in [0.1, 0.15) is 11.0 Å². The Morgan fingerprint density at radius 3 is 2.78 bits per heavy atom. The molecule has 1 saturated heterocycles. The van der Waals surface area contributed by atoms with Crippen LogP contribution in [0, 0.1) is 0 Å². The molecule has 1 fully saturated rings. The fraction of sp³-hybridized carbons (Fsp3) is 0.263. The molecule has 0 spiro atoms. The maximum absolute atomic E-state index is 12.7. The van der Waals surface area contributed by atoms with Crippen LogP contribution in [0.1, 0.15) is 17.7 Å². The van der Waals surface area contributed by atoms with Crippen molar-refractivity contribution in [3.05, 3.63) is 52.7 Å². The highest BCUT2D eigenvalue weighted by atomic mass is 32.1. The molecule has 3 aromatic rings. The third-order valence-corrected chi connectivity index (χ3v) is 6.22. The van der Waals surface area contributed by atoms with Crippen LogP contribution in [0.4, 0.5) is 5.13 Å². The highest BCUT2D eigenvalue weighted by Crippen LogP contribution is 2.27. The van der Waals surface area contributed by atoms with E-state index in [9.17, 15) is 9.59 Å². The number of rotatable bonds is 5. The van der Waals surface area contributed by atoms with Crippen molar-refractivity contribution in [2.75, 3.05) is 11.9 Å². The van der Waals surface area contributed by atoms with E-state index in [4.69, 9.17) is 0 Å². The summed E-state index contributed by atoms with van der Waals surface area (Å²) >= 11 is 2.89. The van der Waals surface area contributed by atoms with Gasteiger partial charge in [-0.1, -0.05) is 47.7 Å². The van der Waals surface area contributed by atoms with Crippen molar-refractivity contribution in [1.82, 2.24) is 15.1 Å². The number of anilines is 1. The van der Waals surface area contributed by atoms with Crippen molar-refractivity contribution in [3.8, 4) is 10.6 Å². The minimum Gasteiger partial charge on any atom is -0.330 e. The van der Waals surface area contributed by atoms with Crippen LogP contribution in [0.15, 0.2) is 47.8 Å². The van der Waals surface area contributed by atoms with E-state index in [-0.39, 0.29) is 11.8 Å². The zero-order chi connectivity index (χ0) is 18.6. The van der Waals surface area contributed by atoms with Gasteiger partial charge in [0, 0.05) is 17.0 Å². The van der Waals surface area contributed by atoms with Crippen LogP contribution in [0.5, 0.6) is 0 Å². The van der Waals surface area contributed by atoms with Gasteiger partial charge in [-0.2, -0.15) is 0 Å². The van der Waals surface area contributed by atoms with Crippen LogP contribution >= 0.6 is 22.7 Å². The summed E-state index contributed by atoms with van der Waals surface area (Å²) in [5.74, 6) is -0.194. The Morgan fingerprint density at radius 1 is 1.15 bits per heavy atom. The number of benzene rings is 1. The number of nitrogens with one attached hydrogen (secondary N) is 1. The average Bonchev–Trinajstić information content (AvgIpc) is 3.44. The Labute approximate surface area is 164 Å². The quantitative estimate of drug-likeness (QED) is 0.714. The molecule has 3 heterocycles. The monoisotopic (exact) mass is 398 g/mol. The van der Waals surface area contributed by atoms with Gasteiger partial charge in [0.25, 0.3) is 0 Å². The lowest BCUT2D eigenvalue weighted by Crippen LogP contribution is -2.43. The first kappa shape index (κ1) is 17.8. The van der Waals surface area contributed by atoms with Gasteiger partial charge in [-0.25, -0.2) is 0 Å². The summed E-state index contributed by atoms with van der Waals surface area (Å²) in [7, 11) is 0. The van der Waals surface area contributed by atoms with Gasteiger partial charge in [-0.15, -0.1) is 21.5 Å². The van der Waals surface area contributed by atoms with Crippen molar-refractivity contribution >= 4 is 39.6 Å². The molecule has 1 aliphatic rings. The number of amides is 2. The molecule has 1 unspecified atom stereocenters. The van der Waals surface area contributed by atoms with Crippen LogP contribution in [-0.4, -0.2) is 39.5 Å². The van der Waals surface area contributed by atoms with Crippen LogP contribution in [0.2, 0.25) is 0 Å². The molecule has 2 amide bonds. The predicted octanol–water partition coefficient (Wildman–Crippen LogP) is 3.44. The molecule has 0 saturated carbocycles. The topological polar surface area (TPSA) is 75.2 Å². The molecular weight excluding hydrogens is 380 g/mol. The molecule has 1 aromatic carbocycles.